The Bertz CT molecular complexity index is 517. The molecule has 106 valence electrons. The first-order chi connectivity index (χ1) is 9.47. The van der Waals surface area contributed by atoms with Crippen molar-refractivity contribution < 1.29 is 14.4 Å². The Kier molecular flexibility index (Phi) is 3.88. The van der Waals surface area contributed by atoms with Crippen molar-refractivity contribution in [2.24, 2.45) is 11.5 Å². The van der Waals surface area contributed by atoms with Crippen LogP contribution in [-0.4, -0.2) is 41.8 Å². The maximum Gasteiger partial charge on any atom is 0.246 e. The molecule has 3 amide bonds. The van der Waals surface area contributed by atoms with Crippen LogP contribution in [0.1, 0.15) is 5.56 Å². The zero-order valence-electron chi connectivity index (χ0n) is 10.8. The maximum atomic E-state index is 12.3. The second-order valence-electron chi connectivity index (χ2n) is 4.69. The van der Waals surface area contributed by atoms with Gasteiger partial charge in [-0.15, -0.1) is 0 Å². The number of amides is 3. The molecule has 7 heteroatoms. The third-order valence-corrected chi connectivity index (χ3v) is 3.07. The van der Waals surface area contributed by atoms with Gasteiger partial charge < -0.3 is 21.7 Å². The molecule has 0 unspecified atom stereocenters. The lowest BCUT2D eigenvalue weighted by Crippen LogP contribution is -2.49. The van der Waals surface area contributed by atoms with Gasteiger partial charge in [0.2, 0.25) is 17.7 Å². The van der Waals surface area contributed by atoms with E-state index in [1.807, 2.05) is 24.3 Å². The first-order valence-corrected chi connectivity index (χ1v) is 6.17. The number of hydrogen-bond acceptors (Lipinski definition) is 4. The molecule has 2 rings (SSSR count). The van der Waals surface area contributed by atoms with E-state index in [0.29, 0.717) is 6.42 Å². The van der Waals surface area contributed by atoms with E-state index in [-0.39, 0.29) is 19.0 Å². The van der Waals surface area contributed by atoms with Crippen LogP contribution < -0.4 is 16.8 Å². The SMILES string of the molecule is NC(=O)CN(CC(N)=O)C(=O)[C@@H]1Cc2ccccc2N1. The fourth-order valence-electron chi connectivity index (χ4n) is 2.26. The predicted molar refractivity (Wildman–Crippen MR) is 72.5 cm³/mol. The van der Waals surface area contributed by atoms with Gasteiger partial charge in [-0.05, 0) is 11.6 Å². The minimum atomic E-state index is -0.685. The number of carbonyl (C=O) groups excluding carboxylic acids is 3. The number of carbonyl (C=O) groups is 3. The summed E-state index contributed by atoms with van der Waals surface area (Å²) in [5.41, 5.74) is 12.1. The Morgan fingerprint density at radius 2 is 1.75 bits per heavy atom. The molecular weight excluding hydrogens is 260 g/mol. The lowest BCUT2D eigenvalue weighted by molar-refractivity contribution is -0.138. The molecule has 0 spiro atoms. The molecule has 1 aromatic rings. The van der Waals surface area contributed by atoms with E-state index >= 15 is 0 Å². The zero-order chi connectivity index (χ0) is 14.7. The number of nitrogens with two attached hydrogens (primary N) is 2. The molecule has 0 aromatic heterocycles. The number of anilines is 1. The first kappa shape index (κ1) is 13.9. The average Bonchev–Trinajstić information content (AvgIpc) is 2.79. The molecule has 0 fully saturated rings. The summed E-state index contributed by atoms with van der Waals surface area (Å²) in [4.78, 5) is 35.4. The van der Waals surface area contributed by atoms with Crippen LogP contribution in [0.25, 0.3) is 0 Å². The highest BCUT2D eigenvalue weighted by molar-refractivity contribution is 5.93. The summed E-state index contributed by atoms with van der Waals surface area (Å²) in [5.74, 6) is -1.73. The number of benzene rings is 1. The highest BCUT2D eigenvalue weighted by Gasteiger charge is 2.31. The van der Waals surface area contributed by atoms with E-state index in [9.17, 15) is 14.4 Å². The monoisotopic (exact) mass is 276 g/mol. The molecule has 0 aliphatic carbocycles. The summed E-state index contributed by atoms with van der Waals surface area (Å²) in [6.45, 7) is -0.646. The van der Waals surface area contributed by atoms with Crippen molar-refractivity contribution in [3.05, 3.63) is 29.8 Å². The van der Waals surface area contributed by atoms with E-state index in [1.165, 1.54) is 0 Å². The van der Waals surface area contributed by atoms with Crippen LogP contribution in [0, 0.1) is 0 Å². The summed E-state index contributed by atoms with van der Waals surface area (Å²) in [6, 6.07) is 7.03. The third-order valence-electron chi connectivity index (χ3n) is 3.07. The first-order valence-electron chi connectivity index (χ1n) is 6.17. The molecule has 20 heavy (non-hydrogen) atoms. The van der Waals surface area contributed by atoms with Gasteiger partial charge in [0.25, 0.3) is 0 Å². The Morgan fingerprint density at radius 3 is 2.30 bits per heavy atom. The lowest BCUT2D eigenvalue weighted by atomic mass is 10.1. The van der Waals surface area contributed by atoms with Crippen LogP contribution in [0.5, 0.6) is 0 Å². The predicted octanol–water partition coefficient (Wildman–Crippen LogP) is -1.18. The fourth-order valence-corrected chi connectivity index (χ4v) is 2.26. The standard InChI is InChI=1S/C13H16N4O3/c14-11(18)6-17(7-12(15)19)13(20)10-5-8-3-1-2-4-9(8)16-10/h1-4,10,16H,5-7H2,(H2,14,18)(H2,15,19)/t10-/m0/s1. The molecule has 0 radical (unpaired) electrons. The number of primary amides is 2. The summed E-state index contributed by atoms with van der Waals surface area (Å²) >= 11 is 0. The van der Waals surface area contributed by atoms with Crippen molar-refractivity contribution in [2.45, 2.75) is 12.5 Å². The van der Waals surface area contributed by atoms with E-state index in [0.717, 1.165) is 16.2 Å². The second kappa shape index (κ2) is 5.60. The molecule has 5 N–H and O–H groups in total. The van der Waals surface area contributed by atoms with E-state index in [4.69, 9.17) is 11.5 Å². The van der Waals surface area contributed by atoms with Gasteiger partial charge in [0.15, 0.2) is 0 Å². The van der Waals surface area contributed by atoms with E-state index < -0.39 is 17.9 Å². The molecule has 1 heterocycles. The number of nitrogens with one attached hydrogen (secondary N) is 1. The number of nitrogens with zero attached hydrogens (tertiary/aromatic N) is 1. The minimum absolute atomic E-state index is 0.323. The van der Waals surface area contributed by atoms with Crippen molar-refractivity contribution in [3.63, 3.8) is 0 Å². The number of para-hydroxylation sites is 1. The van der Waals surface area contributed by atoms with Crippen molar-refractivity contribution in [2.75, 3.05) is 18.4 Å². The molecular formula is C13H16N4O3. The van der Waals surface area contributed by atoms with Gasteiger partial charge in [0.05, 0.1) is 13.1 Å². The Morgan fingerprint density at radius 1 is 1.15 bits per heavy atom. The quantitative estimate of drug-likeness (QED) is 0.627. The number of hydrogen-bond donors (Lipinski definition) is 3. The van der Waals surface area contributed by atoms with Crippen molar-refractivity contribution in [3.8, 4) is 0 Å². The smallest absolute Gasteiger partial charge is 0.246 e. The van der Waals surface area contributed by atoms with Gasteiger partial charge >= 0.3 is 0 Å². The van der Waals surface area contributed by atoms with Gasteiger partial charge in [-0.25, -0.2) is 0 Å². The summed E-state index contributed by atoms with van der Waals surface area (Å²) in [7, 11) is 0. The number of rotatable bonds is 5. The van der Waals surface area contributed by atoms with Crippen molar-refractivity contribution in [1.82, 2.24) is 4.90 Å². The topological polar surface area (TPSA) is 119 Å². The van der Waals surface area contributed by atoms with Gasteiger partial charge in [0, 0.05) is 12.1 Å². The number of fused-ring (bicyclic) bond motifs is 1. The molecule has 7 nitrogen and oxygen atoms in total. The highest BCUT2D eigenvalue weighted by Crippen LogP contribution is 2.25. The Labute approximate surface area is 115 Å². The third kappa shape index (κ3) is 3.05. The molecule has 0 saturated carbocycles. The lowest BCUT2D eigenvalue weighted by Gasteiger charge is -2.23. The second-order valence-corrected chi connectivity index (χ2v) is 4.69. The van der Waals surface area contributed by atoms with E-state index in [2.05, 4.69) is 5.32 Å². The maximum absolute atomic E-state index is 12.3. The minimum Gasteiger partial charge on any atom is -0.373 e. The van der Waals surface area contributed by atoms with Crippen LogP contribution in [0.15, 0.2) is 24.3 Å². The largest absolute Gasteiger partial charge is 0.373 e. The molecule has 0 bridgehead atoms. The van der Waals surface area contributed by atoms with Gasteiger partial charge in [-0.2, -0.15) is 0 Å². The van der Waals surface area contributed by atoms with Crippen LogP contribution in [-0.2, 0) is 20.8 Å². The van der Waals surface area contributed by atoms with Crippen LogP contribution in [0.4, 0.5) is 5.69 Å². The fraction of sp³-hybridized carbons (Fsp3) is 0.308. The summed E-state index contributed by atoms with van der Waals surface area (Å²) < 4.78 is 0. The van der Waals surface area contributed by atoms with Crippen LogP contribution in [0.3, 0.4) is 0 Å². The highest BCUT2D eigenvalue weighted by atomic mass is 16.2. The zero-order valence-corrected chi connectivity index (χ0v) is 10.8. The van der Waals surface area contributed by atoms with Gasteiger partial charge in [0.1, 0.15) is 6.04 Å². The molecule has 0 saturated heterocycles. The van der Waals surface area contributed by atoms with Crippen molar-refractivity contribution >= 4 is 23.4 Å². The molecule has 1 atom stereocenters. The molecule has 1 aliphatic rings. The molecule has 1 aromatic carbocycles. The summed E-state index contributed by atoms with van der Waals surface area (Å²) in [6.07, 6.45) is 0.503. The Balaban J connectivity index is 2.09. The van der Waals surface area contributed by atoms with Crippen LogP contribution in [0.2, 0.25) is 0 Å². The van der Waals surface area contributed by atoms with Gasteiger partial charge in [-0.3, -0.25) is 14.4 Å². The normalized spacial score (nSPS) is 16.1. The summed E-state index contributed by atoms with van der Waals surface area (Å²) in [5, 5.41) is 3.07. The Hall–Kier alpha value is -2.57. The average molecular weight is 276 g/mol. The van der Waals surface area contributed by atoms with Crippen LogP contribution >= 0.6 is 0 Å². The molecule has 1 aliphatic heterocycles. The van der Waals surface area contributed by atoms with E-state index in [1.54, 1.807) is 0 Å². The van der Waals surface area contributed by atoms with Crippen molar-refractivity contribution in [1.29, 1.82) is 0 Å². The van der Waals surface area contributed by atoms with Gasteiger partial charge in [-0.1, -0.05) is 18.2 Å².